The third-order valence-corrected chi connectivity index (χ3v) is 7.08. The summed E-state index contributed by atoms with van der Waals surface area (Å²) in [5.41, 5.74) is 1.65. The molecule has 0 aliphatic carbocycles. The standard InChI is InChI=1S/C15H18N4O3S3/c1-3-23-15-17-16-14(24-15)18-25(21,22)12-6-7-13-11(9-12)5-4-8-19(13)10(2)20/h6-7,9H,3-5,8H2,1-2H3,(H,16,18). The Morgan fingerprint density at radius 1 is 1.40 bits per heavy atom. The summed E-state index contributed by atoms with van der Waals surface area (Å²) in [6.07, 6.45) is 1.57. The fourth-order valence-electron chi connectivity index (χ4n) is 2.67. The second-order valence-electron chi connectivity index (χ2n) is 5.48. The number of thioether (sulfide) groups is 1. The zero-order valence-corrected chi connectivity index (χ0v) is 16.3. The molecule has 3 rings (SSSR count). The van der Waals surface area contributed by atoms with Gasteiger partial charge in [0.1, 0.15) is 0 Å². The fraction of sp³-hybridized carbons (Fsp3) is 0.400. The van der Waals surface area contributed by atoms with E-state index in [0.29, 0.717) is 6.54 Å². The van der Waals surface area contributed by atoms with Crippen LogP contribution >= 0.6 is 23.1 Å². The highest BCUT2D eigenvalue weighted by Crippen LogP contribution is 2.31. The molecule has 10 heteroatoms. The molecule has 1 aliphatic heterocycles. The molecule has 1 aliphatic rings. The number of hydrogen-bond acceptors (Lipinski definition) is 7. The van der Waals surface area contributed by atoms with Gasteiger partial charge in [-0.05, 0) is 42.4 Å². The minimum Gasteiger partial charge on any atom is -0.312 e. The third-order valence-electron chi connectivity index (χ3n) is 3.76. The first kappa shape index (κ1) is 18.2. The topological polar surface area (TPSA) is 92.3 Å². The van der Waals surface area contributed by atoms with E-state index in [9.17, 15) is 13.2 Å². The maximum Gasteiger partial charge on any atom is 0.263 e. The third kappa shape index (κ3) is 3.96. The summed E-state index contributed by atoms with van der Waals surface area (Å²) in [7, 11) is -3.74. The number of carbonyl (C=O) groups is 1. The van der Waals surface area contributed by atoms with Crippen LogP contribution in [0.4, 0.5) is 10.8 Å². The van der Waals surface area contributed by atoms with Gasteiger partial charge in [-0.25, -0.2) is 8.42 Å². The lowest BCUT2D eigenvalue weighted by Crippen LogP contribution is -2.33. The van der Waals surface area contributed by atoms with Gasteiger partial charge in [0, 0.05) is 19.2 Å². The minimum absolute atomic E-state index is 0.0375. The molecule has 1 aromatic heterocycles. The highest BCUT2D eigenvalue weighted by molar-refractivity contribution is 8.01. The molecule has 0 unspecified atom stereocenters. The number of aryl methyl sites for hydroxylation is 1. The van der Waals surface area contributed by atoms with Crippen LogP contribution in [-0.4, -0.2) is 36.8 Å². The summed E-state index contributed by atoms with van der Waals surface area (Å²) in [5, 5.41) is 8.07. The highest BCUT2D eigenvalue weighted by Gasteiger charge is 2.23. The normalized spacial score (nSPS) is 14.2. The first-order valence-electron chi connectivity index (χ1n) is 7.81. The predicted molar refractivity (Wildman–Crippen MR) is 99.9 cm³/mol. The van der Waals surface area contributed by atoms with Crippen LogP contribution in [0, 0.1) is 0 Å². The minimum atomic E-state index is -3.74. The first-order chi connectivity index (χ1) is 11.9. The largest absolute Gasteiger partial charge is 0.312 e. The molecule has 0 fully saturated rings. The maximum absolute atomic E-state index is 12.6. The van der Waals surface area contributed by atoms with E-state index in [4.69, 9.17) is 0 Å². The Balaban J connectivity index is 1.86. The lowest BCUT2D eigenvalue weighted by molar-refractivity contribution is -0.116. The molecule has 0 spiro atoms. The average Bonchev–Trinajstić information content (AvgIpc) is 3.00. The molecule has 0 saturated heterocycles. The molecule has 1 N–H and O–H groups in total. The predicted octanol–water partition coefficient (Wildman–Crippen LogP) is 2.75. The Morgan fingerprint density at radius 2 is 2.20 bits per heavy atom. The zero-order valence-electron chi connectivity index (χ0n) is 13.9. The van der Waals surface area contributed by atoms with Crippen LogP contribution in [0.3, 0.4) is 0 Å². The van der Waals surface area contributed by atoms with Crippen LogP contribution in [0.15, 0.2) is 27.4 Å². The highest BCUT2D eigenvalue weighted by atomic mass is 32.2. The lowest BCUT2D eigenvalue weighted by Gasteiger charge is -2.28. The quantitative estimate of drug-likeness (QED) is 0.779. The Labute approximate surface area is 154 Å². The molecule has 0 radical (unpaired) electrons. The first-order valence-corrected chi connectivity index (χ1v) is 11.1. The van der Waals surface area contributed by atoms with E-state index in [1.54, 1.807) is 17.0 Å². The summed E-state index contributed by atoms with van der Waals surface area (Å²) in [6.45, 7) is 4.17. The molecule has 2 aromatic rings. The average molecular weight is 399 g/mol. The van der Waals surface area contributed by atoms with Crippen molar-refractivity contribution in [2.75, 3.05) is 21.9 Å². The molecule has 134 valence electrons. The molecule has 1 aromatic carbocycles. The van der Waals surface area contributed by atoms with Gasteiger partial charge in [0.25, 0.3) is 10.0 Å². The van der Waals surface area contributed by atoms with Crippen LogP contribution < -0.4 is 9.62 Å². The van der Waals surface area contributed by atoms with Gasteiger partial charge in [0.2, 0.25) is 11.0 Å². The van der Waals surface area contributed by atoms with Crippen molar-refractivity contribution in [1.82, 2.24) is 10.2 Å². The van der Waals surface area contributed by atoms with Gasteiger partial charge >= 0.3 is 0 Å². The second kappa shape index (κ2) is 7.30. The number of aromatic nitrogens is 2. The van der Waals surface area contributed by atoms with E-state index in [1.807, 2.05) is 6.92 Å². The lowest BCUT2D eigenvalue weighted by atomic mass is 10.0. The number of nitrogens with one attached hydrogen (secondary N) is 1. The van der Waals surface area contributed by atoms with Gasteiger partial charge in [0.05, 0.1) is 4.90 Å². The van der Waals surface area contributed by atoms with Gasteiger partial charge in [0.15, 0.2) is 4.34 Å². The van der Waals surface area contributed by atoms with Crippen molar-refractivity contribution >= 4 is 49.8 Å². The number of anilines is 2. The number of sulfonamides is 1. The van der Waals surface area contributed by atoms with Gasteiger partial charge in [-0.1, -0.05) is 30.0 Å². The van der Waals surface area contributed by atoms with E-state index in [0.717, 1.165) is 34.2 Å². The van der Waals surface area contributed by atoms with E-state index >= 15 is 0 Å². The van der Waals surface area contributed by atoms with Crippen molar-refractivity contribution in [1.29, 1.82) is 0 Å². The Hall–Kier alpha value is -1.65. The molecular weight excluding hydrogens is 380 g/mol. The number of amides is 1. The Kier molecular flexibility index (Phi) is 5.30. The summed E-state index contributed by atoms with van der Waals surface area (Å²) in [6, 6.07) is 4.85. The maximum atomic E-state index is 12.6. The summed E-state index contributed by atoms with van der Waals surface area (Å²) < 4.78 is 28.4. The van der Waals surface area contributed by atoms with Crippen molar-refractivity contribution in [2.24, 2.45) is 0 Å². The van der Waals surface area contributed by atoms with Crippen molar-refractivity contribution in [3.8, 4) is 0 Å². The number of hydrogen-bond donors (Lipinski definition) is 1. The van der Waals surface area contributed by atoms with Crippen molar-refractivity contribution < 1.29 is 13.2 Å². The monoisotopic (exact) mass is 398 g/mol. The van der Waals surface area contributed by atoms with Crippen LogP contribution in [0.2, 0.25) is 0 Å². The molecule has 0 saturated carbocycles. The molecule has 2 heterocycles. The van der Waals surface area contributed by atoms with Crippen molar-refractivity contribution in [2.45, 2.75) is 35.9 Å². The van der Waals surface area contributed by atoms with Crippen molar-refractivity contribution in [3.05, 3.63) is 23.8 Å². The van der Waals surface area contributed by atoms with Crippen LogP contribution in [-0.2, 0) is 21.2 Å². The van der Waals surface area contributed by atoms with Crippen LogP contribution in [0.1, 0.15) is 25.8 Å². The number of nitrogens with zero attached hydrogens (tertiary/aromatic N) is 3. The molecule has 0 atom stereocenters. The van der Waals surface area contributed by atoms with E-state index in [1.165, 1.54) is 36.1 Å². The molecule has 1 amide bonds. The second-order valence-corrected chi connectivity index (χ2v) is 9.65. The van der Waals surface area contributed by atoms with Gasteiger partial charge in [-0.2, -0.15) is 0 Å². The number of carbonyl (C=O) groups excluding carboxylic acids is 1. The summed E-state index contributed by atoms with van der Waals surface area (Å²) in [4.78, 5) is 13.6. The zero-order chi connectivity index (χ0) is 18.0. The molecule has 7 nitrogen and oxygen atoms in total. The van der Waals surface area contributed by atoms with Crippen LogP contribution in [0.5, 0.6) is 0 Å². The van der Waals surface area contributed by atoms with Gasteiger partial charge in [-0.3, -0.25) is 9.52 Å². The Bertz CT molecular complexity index is 895. The van der Waals surface area contributed by atoms with E-state index in [-0.39, 0.29) is 15.9 Å². The summed E-state index contributed by atoms with van der Waals surface area (Å²) >= 11 is 2.72. The smallest absolute Gasteiger partial charge is 0.263 e. The van der Waals surface area contributed by atoms with E-state index < -0.39 is 10.0 Å². The van der Waals surface area contributed by atoms with Gasteiger partial charge in [-0.15, -0.1) is 10.2 Å². The number of rotatable bonds is 5. The van der Waals surface area contributed by atoms with E-state index in [2.05, 4.69) is 14.9 Å². The number of fused-ring (bicyclic) bond motifs is 1. The summed E-state index contributed by atoms with van der Waals surface area (Å²) in [5.74, 6) is 0.809. The SMILES string of the molecule is CCSc1nnc(NS(=O)(=O)c2ccc3c(c2)CCCN3C(C)=O)s1. The van der Waals surface area contributed by atoms with Crippen molar-refractivity contribution in [3.63, 3.8) is 0 Å². The Morgan fingerprint density at radius 3 is 2.92 bits per heavy atom. The molecule has 0 bridgehead atoms. The van der Waals surface area contributed by atoms with Gasteiger partial charge < -0.3 is 4.90 Å². The molecular formula is C15H18N4O3S3. The number of benzene rings is 1. The molecule has 25 heavy (non-hydrogen) atoms. The van der Waals surface area contributed by atoms with Crippen LogP contribution in [0.25, 0.3) is 0 Å². The fourth-order valence-corrected chi connectivity index (χ4v) is 5.60.